The summed E-state index contributed by atoms with van der Waals surface area (Å²) < 4.78 is 6.17. The number of nitrogens with one attached hydrogen (secondary N) is 1. The van der Waals surface area contributed by atoms with Gasteiger partial charge in [0, 0.05) is 24.2 Å². The van der Waals surface area contributed by atoms with Gasteiger partial charge in [0.2, 0.25) is 0 Å². The first-order chi connectivity index (χ1) is 13.0. The van der Waals surface area contributed by atoms with Gasteiger partial charge >= 0.3 is 5.70 Å². The Balaban J connectivity index is 1.93. The summed E-state index contributed by atoms with van der Waals surface area (Å²) in [6, 6.07) is 8.90. The average Bonchev–Trinajstić information content (AvgIpc) is 3.00. The third-order valence-corrected chi connectivity index (χ3v) is 6.20. The van der Waals surface area contributed by atoms with Crippen LogP contribution in [0.2, 0.25) is 0 Å². The molecule has 3 heterocycles. The zero-order chi connectivity index (χ0) is 19.0. The minimum atomic E-state index is -1.78. The lowest BCUT2D eigenvalue weighted by Gasteiger charge is -2.39. The van der Waals surface area contributed by atoms with Crippen molar-refractivity contribution in [1.29, 1.82) is 5.26 Å². The van der Waals surface area contributed by atoms with E-state index in [0.29, 0.717) is 24.2 Å². The summed E-state index contributed by atoms with van der Waals surface area (Å²) in [7, 11) is 0. The van der Waals surface area contributed by atoms with Crippen LogP contribution in [-0.2, 0) is 10.5 Å². The van der Waals surface area contributed by atoms with E-state index in [9.17, 15) is 20.2 Å². The molecule has 4 aliphatic rings. The number of hydrogen-bond donors (Lipinski definition) is 2. The average molecular weight is 367 g/mol. The van der Waals surface area contributed by atoms with Crippen LogP contribution in [0.3, 0.4) is 0 Å². The molecule has 1 aromatic rings. The van der Waals surface area contributed by atoms with Crippen LogP contribution < -0.4 is 11.1 Å². The number of Topliss-reactive ketones (excluding diaryl/α,β-unsaturated/α-hetero) is 1. The molecule has 27 heavy (non-hydrogen) atoms. The van der Waals surface area contributed by atoms with Crippen molar-refractivity contribution in [2.45, 2.75) is 24.8 Å². The molecule has 9 nitrogen and oxygen atoms in total. The lowest BCUT2D eigenvalue weighted by atomic mass is 9.68. The van der Waals surface area contributed by atoms with Gasteiger partial charge in [-0.3, -0.25) is 14.9 Å². The molecule has 1 aromatic carbocycles. The Bertz CT molecular complexity index is 969. The Hall–Kier alpha value is -2.96. The smallest absolute Gasteiger partial charge is 0.306 e. The molecule has 0 spiro atoms. The number of hydrogen-bond acceptors (Lipinski definition) is 8. The quantitative estimate of drug-likeness (QED) is 0.545. The first-order valence-electron chi connectivity index (χ1n) is 8.89. The highest BCUT2D eigenvalue weighted by Crippen LogP contribution is 2.70. The zero-order valence-corrected chi connectivity index (χ0v) is 14.3. The number of fused-ring (bicyclic) bond motifs is 2. The molecule has 0 aromatic heterocycles. The van der Waals surface area contributed by atoms with E-state index >= 15 is 0 Å². The van der Waals surface area contributed by atoms with Crippen LogP contribution in [0.1, 0.15) is 28.8 Å². The van der Waals surface area contributed by atoms with Crippen LogP contribution in [0.15, 0.2) is 35.8 Å². The summed E-state index contributed by atoms with van der Waals surface area (Å²) in [4.78, 5) is 27.1. The van der Waals surface area contributed by atoms with Crippen molar-refractivity contribution in [1.82, 2.24) is 10.2 Å². The third kappa shape index (κ3) is 1.52. The molecule has 4 atom stereocenters. The Kier molecular flexibility index (Phi) is 3.04. The summed E-state index contributed by atoms with van der Waals surface area (Å²) in [5.41, 5.74) is 3.46. The van der Waals surface area contributed by atoms with E-state index in [-0.39, 0.29) is 11.5 Å². The Morgan fingerprint density at radius 1 is 1.41 bits per heavy atom. The number of ketones is 1. The van der Waals surface area contributed by atoms with Gasteiger partial charge in [0.1, 0.15) is 12.1 Å². The number of nitrogens with zero attached hydrogens (tertiary/aromatic N) is 3. The maximum Gasteiger partial charge on any atom is 0.306 e. The molecule has 138 valence electrons. The standard InChI is InChI=1S/C18H17N5O4/c19-9-12-15(20)27-18-11-6-2-1-5-10(11)14(24)17(12,18)13(23(25)26)16-21-7-3-4-8-22(16)18/h1-2,5-6,12,15,21H,3-4,7-8,20H2/t12?,15?,17-,18-/m1/s1. The van der Waals surface area contributed by atoms with Gasteiger partial charge in [-0.2, -0.15) is 5.26 Å². The summed E-state index contributed by atoms with van der Waals surface area (Å²) in [6.07, 6.45) is 0.496. The zero-order valence-electron chi connectivity index (χ0n) is 14.3. The van der Waals surface area contributed by atoms with Crippen LogP contribution in [-0.4, -0.2) is 34.9 Å². The Labute approximate surface area is 154 Å². The van der Waals surface area contributed by atoms with E-state index in [0.717, 1.165) is 12.8 Å². The largest absolute Gasteiger partial charge is 0.366 e. The number of benzene rings is 1. The number of ether oxygens (including phenoxy) is 1. The van der Waals surface area contributed by atoms with Gasteiger partial charge in [0.05, 0.1) is 11.0 Å². The first-order valence-corrected chi connectivity index (χ1v) is 8.89. The second kappa shape index (κ2) is 5.06. The molecule has 1 aliphatic carbocycles. The summed E-state index contributed by atoms with van der Waals surface area (Å²) in [5, 5.41) is 25.2. The van der Waals surface area contributed by atoms with Gasteiger partial charge in [-0.25, -0.2) is 0 Å². The number of nitro groups is 1. The van der Waals surface area contributed by atoms with Crippen LogP contribution in [0.5, 0.6) is 0 Å². The van der Waals surface area contributed by atoms with Crippen molar-refractivity contribution < 1.29 is 14.5 Å². The lowest BCUT2D eigenvalue weighted by molar-refractivity contribution is -0.440. The van der Waals surface area contributed by atoms with E-state index in [1.807, 2.05) is 0 Å². The first kappa shape index (κ1) is 16.2. The SMILES string of the molecule is N#CC1C(N)O[C@]23c4ccccc4C(=O)[C@]12C([N+](=O)[O-])=C1NCCCCN13. The normalized spacial score (nSPS) is 36.3. The predicted molar refractivity (Wildman–Crippen MR) is 91.0 cm³/mol. The fraction of sp³-hybridized carbons (Fsp3) is 0.444. The van der Waals surface area contributed by atoms with E-state index < -0.39 is 34.0 Å². The van der Waals surface area contributed by atoms with E-state index in [4.69, 9.17) is 10.5 Å². The highest BCUT2D eigenvalue weighted by molar-refractivity contribution is 6.09. The van der Waals surface area contributed by atoms with Crippen molar-refractivity contribution in [3.8, 4) is 6.07 Å². The fourth-order valence-electron chi connectivity index (χ4n) is 5.34. The van der Waals surface area contributed by atoms with E-state index in [2.05, 4.69) is 11.4 Å². The van der Waals surface area contributed by atoms with Gasteiger partial charge in [0.15, 0.2) is 22.7 Å². The maximum absolute atomic E-state index is 13.7. The van der Waals surface area contributed by atoms with Crippen molar-refractivity contribution in [3.63, 3.8) is 0 Å². The molecule has 5 rings (SSSR count). The van der Waals surface area contributed by atoms with E-state index in [1.54, 1.807) is 29.2 Å². The molecule has 0 bridgehead atoms. The topological polar surface area (TPSA) is 135 Å². The van der Waals surface area contributed by atoms with Crippen LogP contribution in [0.4, 0.5) is 0 Å². The summed E-state index contributed by atoms with van der Waals surface area (Å²) >= 11 is 0. The van der Waals surface area contributed by atoms with Gasteiger partial charge in [-0.15, -0.1) is 0 Å². The van der Waals surface area contributed by atoms with Crippen LogP contribution >= 0.6 is 0 Å². The highest BCUT2D eigenvalue weighted by Gasteiger charge is 2.85. The maximum atomic E-state index is 13.7. The molecular weight excluding hydrogens is 350 g/mol. The summed E-state index contributed by atoms with van der Waals surface area (Å²) in [5.74, 6) is -1.36. The molecule has 2 saturated heterocycles. The molecule has 2 fully saturated rings. The van der Waals surface area contributed by atoms with Crippen molar-refractivity contribution in [2.24, 2.45) is 17.1 Å². The number of rotatable bonds is 1. The number of nitrogens with two attached hydrogens (primary N) is 1. The number of nitriles is 1. The molecule has 0 saturated carbocycles. The summed E-state index contributed by atoms with van der Waals surface area (Å²) in [6.45, 7) is 1.02. The molecular formula is C18H17N5O4. The van der Waals surface area contributed by atoms with Crippen molar-refractivity contribution in [3.05, 3.63) is 57.0 Å². The highest BCUT2D eigenvalue weighted by atomic mass is 16.6. The number of carbonyl (C=O) groups excluding carboxylic acids is 1. The third-order valence-electron chi connectivity index (χ3n) is 6.20. The predicted octanol–water partition coefficient (Wildman–Crippen LogP) is 0.622. The van der Waals surface area contributed by atoms with E-state index in [1.165, 1.54) is 0 Å². The minimum Gasteiger partial charge on any atom is -0.366 e. The second-order valence-corrected chi connectivity index (χ2v) is 7.26. The minimum absolute atomic E-state index is 0.271. The molecule has 9 heteroatoms. The van der Waals surface area contributed by atoms with Gasteiger partial charge < -0.3 is 20.7 Å². The second-order valence-electron chi connectivity index (χ2n) is 7.26. The molecule has 0 radical (unpaired) electrons. The van der Waals surface area contributed by atoms with Gasteiger partial charge in [-0.1, -0.05) is 24.3 Å². The van der Waals surface area contributed by atoms with Crippen LogP contribution in [0.25, 0.3) is 0 Å². The Morgan fingerprint density at radius 2 is 2.19 bits per heavy atom. The van der Waals surface area contributed by atoms with Crippen molar-refractivity contribution >= 4 is 5.78 Å². The monoisotopic (exact) mass is 367 g/mol. The number of carbonyl (C=O) groups is 1. The molecule has 2 unspecified atom stereocenters. The Morgan fingerprint density at radius 3 is 2.93 bits per heavy atom. The fourth-order valence-corrected chi connectivity index (χ4v) is 5.34. The lowest BCUT2D eigenvalue weighted by Crippen LogP contribution is -2.52. The van der Waals surface area contributed by atoms with Gasteiger partial charge in [-0.05, 0) is 12.8 Å². The van der Waals surface area contributed by atoms with Crippen molar-refractivity contribution in [2.75, 3.05) is 13.1 Å². The molecule has 3 aliphatic heterocycles. The molecule has 3 N–H and O–H groups in total. The van der Waals surface area contributed by atoms with Crippen LogP contribution in [0, 0.1) is 32.8 Å². The molecule has 0 amide bonds. The van der Waals surface area contributed by atoms with Gasteiger partial charge in [0.25, 0.3) is 0 Å².